The van der Waals surface area contributed by atoms with Gasteiger partial charge in [-0.3, -0.25) is 4.68 Å². The van der Waals surface area contributed by atoms with Gasteiger partial charge in [0.15, 0.2) is 5.65 Å². The van der Waals surface area contributed by atoms with E-state index in [1.165, 1.54) is 6.20 Å². The Balaban J connectivity index is 2.16. The SMILES string of the molecule is CCOC(=O)c1cnn2c(-c3cnn(CC)c3C)ccnc12. The zero-order valence-electron chi connectivity index (χ0n) is 12.8. The molecule has 0 aliphatic rings. The summed E-state index contributed by atoms with van der Waals surface area (Å²) < 4.78 is 8.60. The van der Waals surface area contributed by atoms with Crippen LogP contribution in [0.15, 0.2) is 24.7 Å². The Bertz CT molecular complexity index is 834. The predicted molar refractivity (Wildman–Crippen MR) is 80.6 cm³/mol. The molecule has 114 valence electrons. The first-order valence-electron chi connectivity index (χ1n) is 7.20. The summed E-state index contributed by atoms with van der Waals surface area (Å²) in [5, 5.41) is 8.64. The van der Waals surface area contributed by atoms with E-state index < -0.39 is 5.97 Å². The molecule has 0 atom stereocenters. The van der Waals surface area contributed by atoms with Gasteiger partial charge in [0.25, 0.3) is 0 Å². The standard InChI is InChI=1S/C15H17N5O2/c1-4-19-10(3)11(8-17-19)13-6-7-16-14-12(9-18-20(13)14)15(21)22-5-2/h6-9H,4-5H2,1-3H3. The van der Waals surface area contributed by atoms with Crippen molar-refractivity contribution < 1.29 is 9.53 Å². The Kier molecular flexibility index (Phi) is 3.62. The van der Waals surface area contributed by atoms with Crippen LogP contribution in [0.25, 0.3) is 16.9 Å². The summed E-state index contributed by atoms with van der Waals surface area (Å²) in [5.74, 6) is -0.414. The summed E-state index contributed by atoms with van der Waals surface area (Å²) in [6, 6.07) is 1.86. The molecule has 22 heavy (non-hydrogen) atoms. The molecule has 7 heteroatoms. The molecule has 0 aromatic carbocycles. The number of aromatic nitrogens is 5. The molecule has 0 saturated heterocycles. The molecule has 0 radical (unpaired) electrons. The van der Waals surface area contributed by atoms with E-state index in [4.69, 9.17) is 4.74 Å². The van der Waals surface area contributed by atoms with Crippen molar-refractivity contribution in [2.45, 2.75) is 27.3 Å². The lowest BCUT2D eigenvalue weighted by molar-refractivity contribution is 0.0528. The van der Waals surface area contributed by atoms with E-state index in [9.17, 15) is 4.79 Å². The molecule has 0 bridgehead atoms. The van der Waals surface area contributed by atoms with Gasteiger partial charge in [-0.25, -0.2) is 14.3 Å². The molecule has 3 rings (SSSR count). The number of rotatable bonds is 4. The maximum Gasteiger partial charge on any atom is 0.343 e. The summed E-state index contributed by atoms with van der Waals surface area (Å²) >= 11 is 0. The van der Waals surface area contributed by atoms with Crippen LogP contribution in [-0.4, -0.2) is 37.0 Å². The maximum atomic E-state index is 12.0. The van der Waals surface area contributed by atoms with Gasteiger partial charge in [0, 0.05) is 24.0 Å². The van der Waals surface area contributed by atoms with Crippen LogP contribution in [0, 0.1) is 6.92 Å². The highest BCUT2D eigenvalue weighted by Crippen LogP contribution is 2.24. The monoisotopic (exact) mass is 299 g/mol. The normalized spacial score (nSPS) is 11.0. The predicted octanol–water partition coefficient (Wildman–Crippen LogP) is 2.10. The van der Waals surface area contributed by atoms with Crippen LogP contribution in [0.1, 0.15) is 29.9 Å². The molecule has 0 unspecified atom stereocenters. The van der Waals surface area contributed by atoms with E-state index >= 15 is 0 Å². The third-order valence-electron chi connectivity index (χ3n) is 3.58. The summed E-state index contributed by atoms with van der Waals surface area (Å²) in [6.45, 7) is 6.93. The Labute approximate surface area is 127 Å². The quantitative estimate of drug-likeness (QED) is 0.690. The Hall–Kier alpha value is -2.70. The van der Waals surface area contributed by atoms with Crippen LogP contribution in [0.4, 0.5) is 0 Å². The molecule has 0 fully saturated rings. The van der Waals surface area contributed by atoms with Gasteiger partial charge in [-0.2, -0.15) is 10.2 Å². The van der Waals surface area contributed by atoms with Crippen molar-refractivity contribution in [3.63, 3.8) is 0 Å². The lowest BCUT2D eigenvalue weighted by Gasteiger charge is -2.05. The highest BCUT2D eigenvalue weighted by atomic mass is 16.5. The number of esters is 1. The van der Waals surface area contributed by atoms with Crippen LogP contribution in [0.2, 0.25) is 0 Å². The van der Waals surface area contributed by atoms with Crippen LogP contribution in [0.3, 0.4) is 0 Å². The molecular formula is C15H17N5O2. The van der Waals surface area contributed by atoms with Gasteiger partial charge in [0.1, 0.15) is 5.56 Å². The van der Waals surface area contributed by atoms with E-state index in [2.05, 4.69) is 15.2 Å². The zero-order chi connectivity index (χ0) is 15.7. The number of hydrogen-bond donors (Lipinski definition) is 0. The number of fused-ring (bicyclic) bond motifs is 1. The number of carbonyl (C=O) groups excluding carboxylic acids is 1. The van der Waals surface area contributed by atoms with Crippen molar-refractivity contribution in [2.75, 3.05) is 6.61 Å². The van der Waals surface area contributed by atoms with E-state index in [1.807, 2.05) is 24.6 Å². The second kappa shape index (κ2) is 5.59. The fraction of sp³-hybridized carbons (Fsp3) is 0.333. The number of nitrogens with zero attached hydrogens (tertiary/aromatic N) is 5. The lowest BCUT2D eigenvalue weighted by Crippen LogP contribution is -2.05. The summed E-state index contributed by atoms with van der Waals surface area (Å²) in [4.78, 5) is 16.2. The van der Waals surface area contributed by atoms with Crippen molar-refractivity contribution in [3.8, 4) is 11.3 Å². The van der Waals surface area contributed by atoms with Gasteiger partial charge in [0.2, 0.25) is 0 Å². The van der Waals surface area contributed by atoms with Crippen LogP contribution in [0.5, 0.6) is 0 Å². The molecule has 0 aliphatic carbocycles. The van der Waals surface area contributed by atoms with Gasteiger partial charge in [-0.05, 0) is 26.8 Å². The first kappa shape index (κ1) is 14.2. The van der Waals surface area contributed by atoms with E-state index in [-0.39, 0.29) is 0 Å². The van der Waals surface area contributed by atoms with Gasteiger partial charge >= 0.3 is 5.97 Å². The van der Waals surface area contributed by atoms with Gasteiger partial charge < -0.3 is 4.74 Å². The molecule has 3 heterocycles. The lowest BCUT2D eigenvalue weighted by atomic mass is 10.2. The first-order valence-corrected chi connectivity index (χ1v) is 7.20. The Morgan fingerprint density at radius 2 is 2.09 bits per heavy atom. The van der Waals surface area contributed by atoms with Crippen LogP contribution in [-0.2, 0) is 11.3 Å². The first-order chi connectivity index (χ1) is 10.7. The third-order valence-corrected chi connectivity index (χ3v) is 3.58. The molecule has 0 N–H and O–H groups in total. The molecule has 3 aromatic heterocycles. The smallest absolute Gasteiger partial charge is 0.343 e. The molecule has 0 aliphatic heterocycles. The fourth-order valence-corrected chi connectivity index (χ4v) is 2.47. The van der Waals surface area contributed by atoms with Crippen molar-refractivity contribution in [1.82, 2.24) is 24.4 Å². The second-order valence-corrected chi connectivity index (χ2v) is 4.80. The van der Waals surface area contributed by atoms with E-state index in [1.54, 1.807) is 23.8 Å². The topological polar surface area (TPSA) is 74.3 Å². The fourth-order valence-electron chi connectivity index (χ4n) is 2.47. The average molecular weight is 299 g/mol. The largest absolute Gasteiger partial charge is 0.462 e. The molecule has 3 aromatic rings. The highest BCUT2D eigenvalue weighted by Gasteiger charge is 2.18. The number of ether oxygens (including phenoxy) is 1. The molecule has 0 amide bonds. The van der Waals surface area contributed by atoms with Crippen molar-refractivity contribution in [3.05, 3.63) is 35.9 Å². The average Bonchev–Trinajstić information content (AvgIpc) is 3.10. The minimum absolute atomic E-state index is 0.318. The number of aryl methyl sites for hydroxylation is 1. The minimum Gasteiger partial charge on any atom is -0.462 e. The summed E-state index contributed by atoms with van der Waals surface area (Å²) in [5.41, 5.74) is 3.71. The molecular weight excluding hydrogens is 282 g/mol. The van der Waals surface area contributed by atoms with Crippen molar-refractivity contribution >= 4 is 11.6 Å². The van der Waals surface area contributed by atoms with Crippen molar-refractivity contribution in [1.29, 1.82) is 0 Å². The van der Waals surface area contributed by atoms with Crippen molar-refractivity contribution in [2.24, 2.45) is 0 Å². The molecule has 7 nitrogen and oxygen atoms in total. The third kappa shape index (κ3) is 2.14. The van der Waals surface area contributed by atoms with Crippen LogP contribution >= 0.6 is 0 Å². The summed E-state index contributed by atoms with van der Waals surface area (Å²) in [6.07, 6.45) is 4.96. The van der Waals surface area contributed by atoms with Crippen LogP contribution < -0.4 is 0 Å². The molecule has 0 saturated carbocycles. The zero-order valence-corrected chi connectivity index (χ0v) is 12.8. The Morgan fingerprint density at radius 3 is 2.77 bits per heavy atom. The molecule has 0 spiro atoms. The Morgan fingerprint density at radius 1 is 1.27 bits per heavy atom. The number of hydrogen-bond acceptors (Lipinski definition) is 5. The highest BCUT2D eigenvalue weighted by molar-refractivity contribution is 5.95. The minimum atomic E-state index is -0.414. The van der Waals surface area contributed by atoms with E-state index in [0.717, 1.165) is 23.5 Å². The van der Waals surface area contributed by atoms with Gasteiger partial charge in [-0.1, -0.05) is 0 Å². The summed E-state index contributed by atoms with van der Waals surface area (Å²) in [7, 11) is 0. The second-order valence-electron chi connectivity index (χ2n) is 4.80. The van der Waals surface area contributed by atoms with Gasteiger partial charge in [0.05, 0.1) is 24.7 Å². The van der Waals surface area contributed by atoms with Gasteiger partial charge in [-0.15, -0.1) is 0 Å². The van der Waals surface area contributed by atoms with E-state index in [0.29, 0.717) is 17.8 Å². The number of carbonyl (C=O) groups is 1. The maximum absolute atomic E-state index is 12.0.